The minimum absolute atomic E-state index is 0.341. The summed E-state index contributed by atoms with van der Waals surface area (Å²) in [4.78, 5) is 10.5. The number of fused-ring (bicyclic) bond motifs is 1. The molecule has 4 nitrogen and oxygen atoms in total. The maximum atomic E-state index is 8.72. The van der Waals surface area contributed by atoms with Gasteiger partial charge in [-0.15, -0.1) is 0 Å². The lowest BCUT2D eigenvalue weighted by Gasteiger charge is -2.29. The lowest BCUT2D eigenvalue weighted by Crippen LogP contribution is -2.31. The minimum Gasteiger partial charge on any atom is -0.351 e. The largest absolute Gasteiger partial charge is 0.351 e. The van der Waals surface area contributed by atoms with Crippen molar-refractivity contribution in [1.82, 2.24) is 9.97 Å². The molecule has 1 aliphatic heterocycles. The number of aromatic nitrogens is 2. The maximum Gasteiger partial charge on any atom is 0.158 e. The second-order valence-corrected chi connectivity index (χ2v) is 4.89. The van der Waals surface area contributed by atoms with Crippen molar-refractivity contribution in [2.24, 2.45) is 0 Å². The normalized spacial score (nSPS) is 13.8. The first-order chi connectivity index (χ1) is 9.26. The van der Waals surface area contributed by atoms with E-state index in [9.17, 15) is 0 Å². The number of hydrogen-bond donors (Lipinski definition) is 0. The molecule has 1 aliphatic rings. The highest BCUT2D eigenvalue weighted by atomic mass is 35.5. The Kier molecular flexibility index (Phi) is 3.06. The van der Waals surface area contributed by atoms with E-state index in [4.69, 9.17) is 16.9 Å². The molecule has 0 atom stereocenters. The van der Waals surface area contributed by atoms with Crippen LogP contribution < -0.4 is 4.90 Å². The highest BCUT2D eigenvalue weighted by Gasteiger charge is 2.17. The lowest BCUT2D eigenvalue weighted by atomic mass is 10.00. The third-order valence-corrected chi connectivity index (χ3v) is 3.49. The van der Waals surface area contributed by atoms with E-state index in [0.29, 0.717) is 5.69 Å². The second kappa shape index (κ2) is 4.87. The van der Waals surface area contributed by atoms with Crippen LogP contribution in [0.15, 0.2) is 30.6 Å². The fraction of sp³-hybridized carbons (Fsp3) is 0.214. The first-order valence-electron chi connectivity index (χ1n) is 6.00. The zero-order valence-electron chi connectivity index (χ0n) is 10.2. The second-order valence-electron chi connectivity index (χ2n) is 4.46. The van der Waals surface area contributed by atoms with Crippen molar-refractivity contribution < 1.29 is 0 Å². The molecule has 2 heterocycles. The van der Waals surface area contributed by atoms with Crippen LogP contribution in [-0.2, 0) is 13.0 Å². The van der Waals surface area contributed by atoms with Crippen LogP contribution in [0.1, 0.15) is 16.8 Å². The average molecular weight is 271 g/mol. The molecule has 0 unspecified atom stereocenters. The molecule has 2 aromatic rings. The van der Waals surface area contributed by atoms with Gasteiger partial charge in [-0.2, -0.15) is 5.26 Å². The van der Waals surface area contributed by atoms with Gasteiger partial charge in [0.25, 0.3) is 0 Å². The molecule has 1 aromatic carbocycles. The van der Waals surface area contributed by atoms with Gasteiger partial charge in [0.15, 0.2) is 5.69 Å². The Bertz CT molecular complexity index is 645. The Morgan fingerprint density at radius 1 is 1.21 bits per heavy atom. The smallest absolute Gasteiger partial charge is 0.158 e. The highest BCUT2D eigenvalue weighted by molar-refractivity contribution is 6.30. The van der Waals surface area contributed by atoms with Crippen molar-refractivity contribution in [3.63, 3.8) is 0 Å². The van der Waals surface area contributed by atoms with Crippen LogP contribution in [-0.4, -0.2) is 16.5 Å². The average Bonchev–Trinajstić information content (AvgIpc) is 2.47. The molecule has 0 fully saturated rings. The summed E-state index contributed by atoms with van der Waals surface area (Å²) in [5.41, 5.74) is 2.90. The summed E-state index contributed by atoms with van der Waals surface area (Å²) < 4.78 is 0. The van der Waals surface area contributed by atoms with E-state index < -0.39 is 0 Å². The maximum absolute atomic E-state index is 8.72. The van der Waals surface area contributed by atoms with Gasteiger partial charge in [-0.1, -0.05) is 17.7 Å². The van der Waals surface area contributed by atoms with Crippen molar-refractivity contribution >= 4 is 17.4 Å². The van der Waals surface area contributed by atoms with Crippen LogP contribution in [0.5, 0.6) is 0 Å². The zero-order chi connectivity index (χ0) is 13.2. The monoisotopic (exact) mass is 270 g/mol. The van der Waals surface area contributed by atoms with Crippen LogP contribution in [0.3, 0.4) is 0 Å². The highest BCUT2D eigenvalue weighted by Crippen LogP contribution is 2.25. The standard InChI is InChI=1S/C14H11ClN4/c15-12-2-1-11-9-19(4-3-10(11)5-12)14-8-17-13(6-16)7-18-14/h1-2,5,7-8H,3-4,9H2. The summed E-state index contributed by atoms with van der Waals surface area (Å²) in [7, 11) is 0. The molecular formula is C14H11ClN4. The van der Waals surface area contributed by atoms with Gasteiger partial charge in [0.2, 0.25) is 0 Å². The van der Waals surface area contributed by atoms with Gasteiger partial charge >= 0.3 is 0 Å². The number of halogens is 1. The molecule has 0 aliphatic carbocycles. The van der Waals surface area contributed by atoms with Crippen molar-refractivity contribution in [1.29, 1.82) is 5.26 Å². The summed E-state index contributed by atoms with van der Waals surface area (Å²) in [5, 5.41) is 9.50. The SMILES string of the molecule is N#Cc1cnc(N2CCc3cc(Cl)ccc3C2)cn1. The number of rotatable bonds is 1. The fourth-order valence-corrected chi connectivity index (χ4v) is 2.45. The van der Waals surface area contributed by atoms with Gasteiger partial charge in [-0.3, -0.25) is 0 Å². The van der Waals surface area contributed by atoms with Gasteiger partial charge in [0.05, 0.1) is 12.4 Å². The molecule has 5 heteroatoms. The fourth-order valence-electron chi connectivity index (χ4n) is 2.26. The number of benzene rings is 1. The third-order valence-electron chi connectivity index (χ3n) is 3.26. The minimum atomic E-state index is 0.341. The quantitative estimate of drug-likeness (QED) is 0.799. The summed E-state index contributed by atoms with van der Waals surface area (Å²) in [6.07, 6.45) is 4.10. The van der Waals surface area contributed by atoms with Crippen LogP contribution >= 0.6 is 11.6 Å². The summed E-state index contributed by atoms with van der Waals surface area (Å²) >= 11 is 6.00. The molecule has 0 N–H and O–H groups in total. The first kappa shape index (κ1) is 11.9. The van der Waals surface area contributed by atoms with Crippen LogP contribution in [0, 0.1) is 11.3 Å². The van der Waals surface area contributed by atoms with Crippen molar-refractivity contribution in [2.45, 2.75) is 13.0 Å². The van der Waals surface area contributed by atoms with E-state index in [-0.39, 0.29) is 0 Å². The van der Waals surface area contributed by atoms with E-state index in [1.165, 1.54) is 17.3 Å². The Hall–Kier alpha value is -2.12. The predicted molar refractivity (Wildman–Crippen MR) is 73.0 cm³/mol. The first-order valence-corrected chi connectivity index (χ1v) is 6.38. The van der Waals surface area contributed by atoms with Crippen molar-refractivity contribution in [2.75, 3.05) is 11.4 Å². The molecule has 0 spiro atoms. The lowest BCUT2D eigenvalue weighted by molar-refractivity contribution is 0.718. The van der Waals surface area contributed by atoms with Gasteiger partial charge in [0, 0.05) is 18.1 Å². The third kappa shape index (κ3) is 2.38. The Morgan fingerprint density at radius 3 is 2.84 bits per heavy atom. The molecule has 3 rings (SSSR count). The van der Waals surface area contributed by atoms with Crippen LogP contribution in [0.4, 0.5) is 5.82 Å². The molecule has 0 saturated carbocycles. The number of nitrogens with zero attached hydrogens (tertiary/aromatic N) is 4. The molecule has 0 bridgehead atoms. The van der Waals surface area contributed by atoms with Gasteiger partial charge < -0.3 is 4.90 Å². The van der Waals surface area contributed by atoms with E-state index in [0.717, 1.165) is 30.4 Å². The van der Waals surface area contributed by atoms with Crippen molar-refractivity contribution in [3.05, 3.63) is 52.4 Å². The zero-order valence-corrected chi connectivity index (χ0v) is 10.9. The molecular weight excluding hydrogens is 260 g/mol. The topological polar surface area (TPSA) is 52.8 Å². The van der Waals surface area contributed by atoms with E-state index in [1.54, 1.807) is 6.20 Å². The Morgan fingerprint density at radius 2 is 2.11 bits per heavy atom. The van der Waals surface area contributed by atoms with Crippen molar-refractivity contribution in [3.8, 4) is 6.07 Å². The summed E-state index contributed by atoms with van der Waals surface area (Å²) in [5.74, 6) is 0.805. The van der Waals surface area contributed by atoms with Gasteiger partial charge in [0.1, 0.15) is 11.9 Å². The van der Waals surface area contributed by atoms with Gasteiger partial charge in [-0.25, -0.2) is 9.97 Å². The van der Waals surface area contributed by atoms with E-state index >= 15 is 0 Å². The molecule has 94 valence electrons. The Balaban J connectivity index is 1.85. The molecule has 0 amide bonds. The molecule has 0 radical (unpaired) electrons. The van der Waals surface area contributed by atoms with Gasteiger partial charge in [-0.05, 0) is 29.7 Å². The number of nitriles is 1. The molecule has 0 saturated heterocycles. The predicted octanol–water partition coefficient (Wildman–Crippen LogP) is 2.56. The summed E-state index contributed by atoms with van der Waals surface area (Å²) in [6, 6.07) is 7.97. The van der Waals surface area contributed by atoms with E-state index in [1.807, 2.05) is 18.2 Å². The van der Waals surface area contributed by atoms with Crippen LogP contribution in [0.2, 0.25) is 5.02 Å². The molecule has 1 aromatic heterocycles. The number of hydrogen-bond acceptors (Lipinski definition) is 4. The van der Waals surface area contributed by atoms with Crippen LogP contribution in [0.25, 0.3) is 0 Å². The van der Waals surface area contributed by atoms with E-state index in [2.05, 4.69) is 20.9 Å². The summed E-state index contributed by atoms with van der Waals surface area (Å²) in [6.45, 7) is 1.68. The number of anilines is 1. The molecule has 19 heavy (non-hydrogen) atoms. The Labute approximate surface area is 116 Å².